The maximum atomic E-state index is 11.9. The molecular weight excluding hydrogens is 276 g/mol. The van der Waals surface area contributed by atoms with E-state index in [0.29, 0.717) is 0 Å². The van der Waals surface area contributed by atoms with E-state index in [1.54, 1.807) is 0 Å². The fraction of sp³-hybridized carbons (Fsp3) is 0.105. The molecule has 22 heavy (non-hydrogen) atoms. The molecule has 0 atom stereocenters. The molecule has 2 aromatic rings. The highest BCUT2D eigenvalue weighted by atomic mass is 16.7. The molecule has 0 fully saturated rings. The zero-order chi connectivity index (χ0) is 16.1. The fourth-order valence-corrected chi connectivity index (χ4v) is 2.10. The zero-order valence-electron chi connectivity index (χ0n) is 12.8. The first kappa shape index (κ1) is 15.6. The third kappa shape index (κ3) is 3.64. The first-order valence-electron chi connectivity index (χ1n) is 6.88. The van der Waals surface area contributed by atoms with Crippen LogP contribution in [0.15, 0.2) is 61.7 Å². The maximum Gasteiger partial charge on any atom is 0.519 e. The van der Waals surface area contributed by atoms with Crippen molar-refractivity contribution in [2.45, 2.75) is 13.8 Å². The van der Waals surface area contributed by atoms with Gasteiger partial charge in [0.25, 0.3) is 0 Å². The first-order chi connectivity index (χ1) is 10.5. The molecule has 0 aliphatic carbocycles. The number of hydrogen-bond donors (Lipinski definition) is 0. The summed E-state index contributed by atoms with van der Waals surface area (Å²) in [6.07, 6.45) is -0.846. The van der Waals surface area contributed by atoms with Gasteiger partial charge in [-0.3, -0.25) is 0 Å². The summed E-state index contributed by atoms with van der Waals surface area (Å²) in [6.45, 7) is 11.4. The van der Waals surface area contributed by atoms with Crippen LogP contribution in [-0.2, 0) is 9.47 Å². The number of carbonyl (C=O) groups excluding carboxylic acids is 1. The van der Waals surface area contributed by atoms with E-state index in [2.05, 4.69) is 13.2 Å². The van der Waals surface area contributed by atoms with Gasteiger partial charge in [-0.1, -0.05) is 61.7 Å². The Morgan fingerprint density at radius 2 is 1.14 bits per heavy atom. The average Bonchev–Trinajstić information content (AvgIpc) is 2.47. The highest BCUT2D eigenvalue weighted by molar-refractivity contribution is 5.78. The topological polar surface area (TPSA) is 35.5 Å². The van der Waals surface area contributed by atoms with Crippen LogP contribution in [0.3, 0.4) is 0 Å². The van der Waals surface area contributed by atoms with E-state index < -0.39 is 6.16 Å². The Morgan fingerprint density at radius 1 is 0.773 bits per heavy atom. The lowest BCUT2D eigenvalue weighted by molar-refractivity contribution is 0.133. The van der Waals surface area contributed by atoms with Gasteiger partial charge in [0.15, 0.2) is 0 Å². The summed E-state index contributed by atoms with van der Waals surface area (Å²) >= 11 is 0. The van der Waals surface area contributed by atoms with Crippen molar-refractivity contribution in [3.05, 3.63) is 83.9 Å². The van der Waals surface area contributed by atoms with Crippen LogP contribution in [0, 0.1) is 13.8 Å². The van der Waals surface area contributed by atoms with Crippen molar-refractivity contribution in [1.82, 2.24) is 0 Å². The standard InChI is InChI=1S/C19H18O3/c1-13-9-5-7-11-17(13)15(3)21-19(20)22-16(4)18-12-8-6-10-14(18)2/h5-12H,3-4H2,1-2H3. The molecule has 0 spiro atoms. The van der Waals surface area contributed by atoms with E-state index in [0.717, 1.165) is 22.3 Å². The second-order valence-corrected chi connectivity index (χ2v) is 4.93. The minimum atomic E-state index is -0.846. The van der Waals surface area contributed by atoms with Gasteiger partial charge in [0.1, 0.15) is 11.5 Å². The molecule has 0 saturated heterocycles. The third-order valence-electron chi connectivity index (χ3n) is 3.30. The second kappa shape index (κ2) is 6.76. The fourth-order valence-electron chi connectivity index (χ4n) is 2.10. The summed E-state index contributed by atoms with van der Waals surface area (Å²) in [5.74, 6) is 0.501. The highest BCUT2D eigenvalue weighted by Crippen LogP contribution is 2.22. The van der Waals surface area contributed by atoms with E-state index in [-0.39, 0.29) is 11.5 Å². The lowest BCUT2D eigenvalue weighted by Gasteiger charge is -2.12. The molecule has 3 heteroatoms. The summed E-state index contributed by atoms with van der Waals surface area (Å²) in [6, 6.07) is 15.0. The Hall–Kier alpha value is -2.81. The van der Waals surface area contributed by atoms with Crippen LogP contribution in [0.1, 0.15) is 22.3 Å². The minimum absolute atomic E-state index is 0.251. The molecule has 0 saturated carbocycles. The van der Waals surface area contributed by atoms with Gasteiger partial charge < -0.3 is 9.47 Å². The van der Waals surface area contributed by atoms with E-state index in [9.17, 15) is 4.79 Å². The molecule has 0 bridgehead atoms. The van der Waals surface area contributed by atoms with Crippen molar-refractivity contribution in [2.24, 2.45) is 0 Å². The Labute approximate surface area is 130 Å². The van der Waals surface area contributed by atoms with Crippen molar-refractivity contribution in [2.75, 3.05) is 0 Å². The van der Waals surface area contributed by atoms with Crippen LogP contribution >= 0.6 is 0 Å². The van der Waals surface area contributed by atoms with Gasteiger partial charge in [-0.2, -0.15) is 0 Å². The Bertz CT molecular complexity index is 667. The predicted octanol–water partition coefficient (Wildman–Crippen LogP) is 5.10. The molecule has 2 rings (SSSR count). The monoisotopic (exact) mass is 294 g/mol. The lowest BCUT2D eigenvalue weighted by Crippen LogP contribution is -2.06. The highest BCUT2D eigenvalue weighted by Gasteiger charge is 2.14. The maximum absolute atomic E-state index is 11.9. The summed E-state index contributed by atoms with van der Waals surface area (Å²) in [5, 5.41) is 0. The van der Waals surface area contributed by atoms with Crippen LogP contribution in [0.4, 0.5) is 4.79 Å². The van der Waals surface area contributed by atoms with Gasteiger partial charge in [-0.25, -0.2) is 4.79 Å². The molecule has 2 aromatic carbocycles. The molecular formula is C19H18O3. The van der Waals surface area contributed by atoms with Gasteiger partial charge in [-0.15, -0.1) is 0 Å². The van der Waals surface area contributed by atoms with Gasteiger partial charge >= 0.3 is 6.16 Å². The largest absolute Gasteiger partial charge is 0.519 e. The quantitative estimate of drug-likeness (QED) is 0.581. The van der Waals surface area contributed by atoms with Crippen molar-refractivity contribution in [3.8, 4) is 0 Å². The molecule has 0 unspecified atom stereocenters. The zero-order valence-corrected chi connectivity index (χ0v) is 12.8. The number of benzene rings is 2. The van der Waals surface area contributed by atoms with E-state index in [1.165, 1.54) is 0 Å². The van der Waals surface area contributed by atoms with Crippen LogP contribution in [0.5, 0.6) is 0 Å². The van der Waals surface area contributed by atoms with Crippen LogP contribution in [-0.4, -0.2) is 6.16 Å². The van der Waals surface area contributed by atoms with E-state index in [4.69, 9.17) is 9.47 Å². The normalized spacial score (nSPS) is 9.91. The number of aryl methyl sites for hydroxylation is 2. The van der Waals surface area contributed by atoms with Gasteiger partial charge in [0, 0.05) is 11.1 Å². The van der Waals surface area contributed by atoms with E-state index >= 15 is 0 Å². The number of ether oxygens (including phenoxy) is 2. The summed E-state index contributed by atoms with van der Waals surface area (Å²) < 4.78 is 10.3. The van der Waals surface area contributed by atoms with Gasteiger partial charge in [0.05, 0.1) is 0 Å². The van der Waals surface area contributed by atoms with Crippen molar-refractivity contribution in [1.29, 1.82) is 0 Å². The van der Waals surface area contributed by atoms with E-state index in [1.807, 2.05) is 62.4 Å². The smallest absolute Gasteiger partial charge is 0.395 e. The van der Waals surface area contributed by atoms with Crippen molar-refractivity contribution >= 4 is 17.7 Å². The van der Waals surface area contributed by atoms with Gasteiger partial charge in [-0.05, 0) is 25.0 Å². The molecule has 112 valence electrons. The Morgan fingerprint density at radius 3 is 1.50 bits per heavy atom. The molecule has 0 heterocycles. The van der Waals surface area contributed by atoms with Crippen LogP contribution in [0.2, 0.25) is 0 Å². The third-order valence-corrected chi connectivity index (χ3v) is 3.30. The number of rotatable bonds is 4. The molecule has 0 radical (unpaired) electrons. The molecule has 0 amide bonds. The molecule has 0 aliphatic rings. The summed E-state index contributed by atoms with van der Waals surface area (Å²) in [5.41, 5.74) is 3.47. The molecule has 3 nitrogen and oxygen atoms in total. The van der Waals surface area contributed by atoms with Crippen LogP contribution in [0.25, 0.3) is 11.5 Å². The molecule has 0 N–H and O–H groups in total. The van der Waals surface area contributed by atoms with Crippen molar-refractivity contribution < 1.29 is 14.3 Å². The first-order valence-corrected chi connectivity index (χ1v) is 6.88. The lowest BCUT2D eigenvalue weighted by atomic mass is 10.1. The summed E-state index contributed by atoms with van der Waals surface area (Å²) in [4.78, 5) is 11.9. The number of carbonyl (C=O) groups is 1. The SMILES string of the molecule is C=C(OC(=O)OC(=C)c1ccccc1C)c1ccccc1C. The van der Waals surface area contributed by atoms with Crippen LogP contribution < -0.4 is 0 Å². The molecule has 0 aromatic heterocycles. The van der Waals surface area contributed by atoms with Gasteiger partial charge in [0.2, 0.25) is 0 Å². The average molecular weight is 294 g/mol. The second-order valence-electron chi connectivity index (χ2n) is 4.93. The minimum Gasteiger partial charge on any atom is -0.395 e. The molecule has 0 aliphatic heterocycles. The Balaban J connectivity index is 2.02. The summed E-state index contributed by atoms with van der Waals surface area (Å²) in [7, 11) is 0. The predicted molar refractivity (Wildman–Crippen MR) is 88.0 cm³/mol. The van der Waals surface area contributed by atoms with Crippen molar-refractivity contribution in [3.63, 3.8) is 0 Å². The Kier molecular flexibility index (Phi) is 4.79. The number of hydrogen-bond acceptors (Lipinski definition) is 3.